The molecule has 0 bridgehead atoms. The van der Waals surface area contributed by atoms with Gasteiger partial charge in [-0.1, -0.05) is 37.3 Å². The van der Waals surface area contributed by atoms with Gasteiger partial charge >= 0.3 is 0 Å². The quantitative estimate of drug-likeness (QED) is 0.647. The molecule has 2 heterocycles. The molecule has 1 atom stereocenters. The van der Waals surface area contributed by atoms with Crippen molar-refractivity contribution in [2.75, 3.05) is 35.5 Å². The Balaban J connectivity index is 1.48. The SMILES string of the molecule is CSNc1ccc2c(c1)C1(CCCCC1)CN2C(=O)c1cccc(S(=O)N2CCC2)c1. The molecule has 0 radical (unpaired) electrons. The maximum absolute atomic E-state index is 13.7. The minimum absolute atomic E-state index is 0.0109. The first-order valence-electron chi connectivity index (χ1n) is 11.1. The molecule has 1 saturated carbocycles. The van der Waals surface area contributed by atoms with E-state index in [1.807, 2.05) is 39.7 Å². The second-order valence-electron chi connectivity index (χ2n) is 8.83. The minimum atomic E-state index is -1.18. The molecule has 31 heavy (non-hydrogen) atoms. The van der Waals surface area contributed by atoms with Crippen LogP contribution in [0.1, 0.15) is 54.4 Å². The van der Waals surface area contributed by atoms with E-state index in [2.05, 4.69) is 22.9 Å². The molecular weight excluding hydrogens is 426 g/mol. The summed E-state index contributed by atoms with van der Waals surface area (Å²) in [7, 11) is -1.18. The summed E-state index contributed by atoms with van der Waals surface area (Å²) in [6.45, 7) is 2.46. The number of anilines is 2. The van der Waals surface area contributed by atoms with Gasteiger partial charge in [-0.15, -0.1) is 0 Å². The maximum Gasteiger partial charge on any atom is 0.258 e. The normalized spacial score (nSPS) is 20.9. The number of benzene rings is 2. The van der Waals surface area contributed by atoms with E-state index in [4.69, 9.17) is 0 Å². The Morgan fingerprint density at radius 2 is 1.87 bits per heavy atom. The Kier molecular flexibility index (Phi) is 5.84. The third kappa shape index (κ3) is 3.81. The molecule has 164 valence electrons. The highest BCUT2D eigenvalue weighted by Gasteiger charge is 2.45. The first kappa shape index (κ1) is 21.0. The molecule has 5 rings (SSSR count). The Hall–Kier alpha value is -1.83. The van der Waals surface area contributed by atoms with Crippen LogP contribution in [0.3, 0.4) is 0 Å². The van der Waals surface area contributed by atoms with Crippen LogP contribution >= 0.6 is 11.9 Å². The van der Waals surface area contributed by atoms with E-state index in [-0.39, 0.29) is 11.3 Å². The summed E-state index contributed by atoms with van der Waals surface area (Å²) in [5, 5.41) is 0. The van der Waals surface area contributed by atoms with Crippen molar-refractivity contribution in [1.82, 2.24) is 4.31 Å². The van der Waals surface area contributed by atoms with Gasteiger partial charge in [-0.05, 0) is 61.2 Å². The molecule has 1 N–H and O–H groups in total. The lowest BCUT2D eigenvalue weighted by molar-refractivity contribution is 0.0982. The van der Waals surface area contributed by atoms with Crippen LogP contribution in [0.5, 0.6) is 0 Å². The molecule has 2 aromatic carbocycles. The van der Waals surface area contributed by atoms with Crippen LogP contribution in [0.2, 0.25) is 0 Å². The fraction of sp³-hybridized carbons (Fsp3) is 0.458. The molecule has 3 aliphatic rings. The molecule has 1 spiro atoms. The average Bonchev–Trinajstić information content (AvgIpc) is 3.06. The van der Waals surface area contributed by atoms with Crippen LogP contribution in [0.15, 0.2) is 47.4 Å². The van der Waals surface area contributed by atoms with E-state index < -0.39 is 11.0 Å². The predicted octanol–water partition coefficient (Wildman–Crippen LogP) is 4.97. The van der Waals surface area contributed by atoms with Gasteiger partial charge in [0.05, 0.1) is 4.90 Å². The van der Waals surface area contributed by atoms with Gasteiger partial charge in [0.2, 0.25) is 0 Å². The van der Waals surface area contributed by atoms with Crippen molar-refractivity contribution in [1.29, 1.82) is 0 Å². The smallest absolute Gasteiger partial charge is 0.258 e. The molecule has 1 amide bonds. The number of nitrogens with one attached hydrogen (secondary N) is 1. The third-order valence-electron chi connectivity index (χ3n) is 6.93. The van der Waals surface area contributed by atoms with Crippen LogP contribution < -0.4 is 9.62 Å². The molecule has 2 fully saturated rings. The fourth-order valence-electron chi connectivity index (χ4n) is 5.18. The van der Waals surface area contributed by atoms with Gasteiger partial charge in [0.15, 0.2) is 0 Å². The molecule has 0 aromatic heterocycles. The summed E-state index contributed by atoms with van der Waals surface area (Å²) < 4.78 is 18.1. The predicted molar refractivity (Wildman–Crippen MR) is 129 cm³/mol. The standard InChI is InChI=1S/C24H29N3O2S2/c1-30-25-19-9-10-22-21(16-19)24(11-3-2-4-12-24)17-27(22)23(28)18-7-5-8-20(15-18)31(29)26-13-6-14-26/h5,7-10,15-16,25H,2-4,6,11-14,17H2,1H3. The van der Waals surface area contributed by atoms with Crippen LogP contribution in [0.4, 0.5) is 11.4 Å². The summed E-state index contributed by atoms with van der Waals surface area (Å²) in [6.07, 6.45) is 9.08. The maximum atomic E-state index is 13.7. The van der Waals surface area contributed by atoms with Crippen LogP contribution in [0, 0.1) is 0 Å². The number of fused-ring (bicyclic) bond motifs is 2. The lowest BCUT2D eigenvalue weighted by atomic mass is 9.70. The van der Waals surface area contributed by atoms with Crippen LogP contribution in [0.25, 0.3) is 0 Å². The highest BCUT2D eigenvalue weighted by atomic mass is 32.2. The molecule has 5 nitrogen and oxygen atoms in total. The van der Waals surface area contributed by atoms with Gasteiger partial charge in [0, 0.05) is 48.2 Å². The molecule has 1 aliphatic carbocycles. The lowest BCUT2D eigenvalue weighted by Gasteiger charge is -2.34. The van der Waals surface area contributed by atoms with Gasteiger partial charge < -0.3 is 9.62 Å². The zero-order valence-corrected chi connectivity index (χ0v) is 19.6. The number of hydrogen-bond donors (Lipinski definition) is 1. The highest BCUT2D eigenvalue weighted by molar-refractivity contribution is 7.99. The van der Waals surface area contributed by atoms with E-state index in [1.165, 1.54) is 24.8 Å². The first-order valence-corrected chi connectivity index (χ1v) is 13.5. The van der Waals surface area contributed by atoms with E-state index in [9.17, 15) is 9.00 Å². The lowest BCUT2D eigenvalue weighted by Crippen LogP contribution is -2.39. The Morgan fingerprint density at radius 1 is 1.06 bits per heavy atom. The van der Waals surface area contributed by atoms with E-state index in [0.29, 0.717) is 5.56 Å². The topological polar surface area (TPSA) is 52.7 Å². The van der Waals surface area contributed by atoms with Crippen molar-refractivity contribution in [3.63, 3.8) is 0 Å². The third-order valence-corrected chi connectivity index (χ3v) is 8.86. The highest BCUT2D eigenvalue weighted by Crippen LogP contribution is 2.50. The second-order valence-corrected chi connectivity index (χ2v) is 10.9. The Bertz CT molecular complexity index is 1020. The summed E-state index contributed by atoms with van der Waals surface area (Å²) in [5.41, 5.74) is 4.11. The fourth-order valence-corrected chi connectivity index (χ4v) is 6.86. The summed E-state index contributed by atoms with van der Waals surface area (Å²) >= 11 is 1.59. The number of amides is 1. The monoisotopic (exact) mass is 455 g/mol. The number of nitrogens with zero attached hydrogens (tertiary/aromatic N) is 2. The number of carbonyl (C=O) groups excluding carboxylic acids is 1. The van der Waals surface area contributed by atoms with Crippen molar-refractivity contribution in [2.24, 2.45) is 0 Å². The van der Waals surface area contributed by atoms with Crippen LogP contribution in [-0.2, 0) is 16.4 Å². The summed E-state index contributed by atoms with van der Waals surface area (Å²) in [5.74, 6) is 0.0109. The zero-order chi connectivity index (χ0) is 21.4. The molecular formula is C24H29N3O2S2. The van der Waals surface area contributed by atoms with Gasteiger partial charge in [-0.3, -0.25) is 4.79 Å². The largest absolute Gasteiger partial charge is 0.330 e. The first-order chi connectivity index (χ1) is 15.1. The van der Waals surface area contributed by atoms with Crippen molar-refractivity contribution >= 4 is 40.2 Å². The van der Waals surface area contributed by atoms with E-state index >= 15 is 0 Å². The molecule has 2 aromatic rings. The van der Waals surface area contributed by atoms with Crippen molar-refractivity contribution < 1.29 is 9.00 Å². The number of hydrogen-bond acceptors (Lipinski definition) is 4. The van der Waals surface area contributed by atoms with Gasteiger partial charge in [-0.25, -0.2) is 8.51 Å². The Labute approximate surface area is 191 Å². The average molecular weight is 456 g/mol. The van der Waals surface area contributed by atoms with Crippen molar-refractivity contribution in [3.05, 3.63) is 53.6 Å². The van der Waals surface area contributed by atoms with Gasteiger partial charge in [0.25, 0.3) is 5.91 Å². The van der Waals surface area contributed by atoms with Crippen molar-refractivity contribution in [2.45, 2.75) is 48.8 Å². The van der Waals surface area contributed by atoms with E-state index in [1.54, 1.807) is 11.9 Å². The van der Waals surface area contributed by atoms with Gasteiger partial charge in [-0.2, -0.15) is 0 Å². The molecule has 1 saturated heterocycles. The van der Waals surface area contributed by atoms with Gasteiger partial charge in [0.1, 0.15) is 11.0 Å². The Morgan fingerprint density at radius 3 is 2.58 bits per heavy atom. The number of carbonyl (C=O) groups is 1. The minimum Gasteiger partial charge on any atom is -0.330 e. The molecule has 7 heteroatoms. The zero-order valence-electron chi connectivity index (χ0n) is 17.9. The van der Waals surface area contributed by atoms with Crippen molar-refractivity contribution in [3.8, 4) is 0 Å². The second kappa shape index (κ2) is 8.60. The van der Waals surface area contributed by atoms with Crippen LogP contribution in [-0.4, -0.2) is 40.3 Å². The molecule has 1 unspecified atom stereocenters. The molecule has 2 aliphatic heterocycles. The van der Waals surface area contributed by atoms with E-state index in [0.717, 1.165) is 55.2 Å². The summed E-state index contributed by atoms with van der Waals surface area (Å²) in [6, 6.07) is 13.8. The summed E-state index contributed by atoms with van der Waals surface area (Å²) in [4.78, 5) is 16.4. The number of rotatable bonds is 5.